The first kappa shape index (κ1) is 17.4. The van der Waals surface area contributed by atoms with Crippen LogP contribution in [0.4, 0.5) is 0 Å². The number of rotatable bonds is 8. The summed E-state index contributed by atoms with van der Waals surface area (Å²) in [5.41, 5.74) is 0. The van der Waals surface area contributed by atoms with Gasteiger partial charge in [0.1, 0.15) is 0 Å². The summed E-state index contributed by atoms with van der Waals surface area (Å²) in [6, 6.07) is 0.727. The fourth-order valence-electron chi connectivity index (χ4n) is 3.29. The predicted molar refractivity (Wildman–Crippen MR) is 82.6 cm³/mol. The van der Waals surface area contributed by atoms with Gasteiger partial charge in [-0.1, -0.05) is 33.6 Å². The SMILES string of the molecule is CCC(CC)N(CCO)CC(=O)NC1CCCCC1C. The average Bonchev–Trinajstić information content (AvgIpc) is 2.43. The summed E-state index contributed by atoms with van der Waals surface area (Å²) in [5, 5.41) is 12.4. The van der Waals surface area contributed by atoms with Crippen molar-refractivity contribution in [2.45, 2.75) is 71.4 Å². The smallest absolute Gasteiger partial charge is 0.234 e. The Morgan fingerprint density at radius 1 is 1.30 bits per heavy atom. The molecule has 2 atom stereocenters. The van der Waals surface area contributed by atoms with Gasteiger partial charge in [0.2, 0.25) is 5.91 Å². The fourth-order valence-corrected chi connectivity index (χ4v) is 3.29. The zero-order chi connectivity index (χ0) is 15.0. The van der Waals surface area contributed by atoms with E-state index in [9.17, 15) is 9.90 Å². The van der Waals surface area contributed by atoms with E-state index < -0.39 is 0 Å². The Kier molecular flexibility index (Phi) is 8.15. The lowest BCUT2D eigenvalue weighted by molar-refractivity contribution is -0.124. The molecule has 1 amide bonds. The van der Waals surface area contributed by atoms with E-state index in [-0.39, 0.29) is 12.5 Å². The first-order valence-electron chi connectivity index (χ1n) is 8.26. The molecule has 118 valence electrons. The van der Waals surface area contributed by atoms with Crippen LogP contribution in [-0.2, 0) is 4.79 Å². The molecule has 1 aliphatic carbocycles. The van der Waals surface area contributed by atoms with Crippen LogP contribution in [0.1, 0.15) is 59.3 Å². The highest BCUT2D eigenvalue weighted by Crippen LogP contribution is 2.23. The minimum absolute atomic E-state index is 0.115. The van der Waals surface area contributed by atoms with Gasteiger partial charge in [0.15, 0.2) is 0 Å². The number of nitrogens with zero attached hydrogens (tertiary/aromatic N) is 1. The molecule has 1 saturated carbocycles. The monoisotopic (exact) mass is 284 g/mol. The molecule has 20 heavy (non-hydrogen) atoms. The number of hydrogen-bond acceptors (Lipinski definition) is 3. The second-order valence-electron chi connectivity index (χ2n) is 6.10. The molecular formula is C16H32N2O2. The molecule has 0 bridgehead atoms. The molecule has 0 aromatic heterocycles. The van der Waals surface area contributed by atoms with Gasteiger partial charge in [0, 0.05) is 18.6 Å². The maximum absolute atomic E-state index is 12.2. The summed E-state index contributed by atoms with van der Waals surface area (Å²) in [5.74, 6) is 0.705. The number of nitrogens with one attached hydrogen (secondary N) is 1. The first-order valence-corrected chi connectivity index (χ1v) is 8.26. The largest absolute Gasteiger partial charge is 0.395 e. The highest BCUT2D eigenvalue weighted by Gasteiger charge is 2.24. The van der Waals surface area contributed by atoms with Crippen molar-refractivity contribution in [2.75, 3.05) is 19.7 Å². The van der Waals surface area contributed by atoms with E-state index in [2.05, 4.69) is 31.0 Å². The summed E-state index contributed by atoms with van der Waals surface area (Å²) in [6.07, 6.45) is 6.88. The van der Waals surface area contributed by atoms with Crippen molar-refractivity contribution in [3.63, 3.8) is 0 Å². The van der Waals surface area contributed by atoms with Gasteiger partial charge in [0.25, 0.3) is 0 Å². The van der Waals surface area contributed by atoms with Gasteiger partial charge in [-0.15, -0.1) is 0 Å². The van der Waals surface area contributed by atoms with Crippen LogP contribution in [0.2, 0.25) is 0 Å². The summed E-state index contributed by atoms with van der Waals surface area (Å²) in [4.78, 5) is 14.4. The van der Waals surface area contributed by atoms with Gasteiger partial charge >= 0.3 is 0 Å². The second-order valence-corrected chi connectivity index (χ2v) is 6.10. The van der Waals surface area contributed by atoms with Crippen molar-refractivity contribution in [1.82, 2.24) is 10.2 Å². The molecule has 4 heteroatoms. The molecule has 0 aromatic carbocycles. The van der Waals surface area contributed by atoms with E-state index in [1.54, 1.807) is 0 Å². The van der Waals surface area contributed by atoms with E-state index >= 15 is 0 Å². The van der Waals surface area contributed by atoms with Crippen LogP contribution < -0.4 is 5.32 Å². The number of aliphatic hydroxyl groups excluding tert-OH is 1. The quantitative estimate of drug-likeness (QED) is 0.718. The molecule has 1 fully saturated rings. The fraction of sp³-hybridized carbons (Fsp3) is 0.938. The molecule has 1 rings (SSSR count). The second kappa shape index (κ2) is 9.35. The van der Waals surface area contributed by atoms with Gasteiger partial charge in [-0.2, -0.15) is 0 Å². The number of carbonyl (C=O) groups excluding carboxylic acids is 1. The van der Waals surface area contributed by atoms with Crippen LogP contribution in [0.15, 0.2) is 0 Å². The zero-order valence-corrected chi connectivity index (χ0v) is 13.4. The minimum Gasteiger partial charge on any atom is -0.395 e. The lowest BCUT2D eigenvalue weighted by Crippen LogP contribution is -2.48. The number of amides is 1. The van der Waals surface area contributed by atoms with Crippen LogP contribution in [-0.4, -0.2) is 47.7 Å². The third kappa shape index (κ3) is 5.41. The zero-order valence-electron chi connectivity index (χ0n) is 13.4. The molecule has 2 unspecified atom stereocenters. The van der Waals surface area contributed by atoms with Crippen molar-refractivity contribution in [1.29, 1.82) is 0 Å². The Morgan fingerprint density at radius 3 is 2.50 bits per heavy atom. The van der Waals surface area contributed by atoms with Gasteiger partial charge in [-0.25, -0.2) is 0 Å². The molecule has 0 saturated heterocycles. The van der Waals surface area contributed by atoms with Gasteiger partial charge < -0.3 is 10.4 Å². The van der Waals surface area contributed by atoms with Crippen LogP contribution >= 0.6 is 0 Å². The molecule has 0 aliphatic heterocycles. The third-order valence-corrected chi connectivity index (χ3v) is 4.65. The van der Waals surface area contributed by atoms with Crippen molar-refractivity contribution >= 4 is 5.91 Å². The van der Waals surface area contributed by atoms with E-state index in [0.29, 0.717) is 31.1 Å². The summed E-state index contributed by atoms with van der Waals surface area (Å²) in [6.45, 7) is 7.62. The van der Waals surface area contributed by atoms with Crippen LogP contribution in [0, 0.1) is 5.92 Å². The van der Waals surface area contributed by atoms with E-state index in [4.69, 9.17) is 0 Å². The van der Waals surface area contributed by atoms with E-state index in [1.807, 2.05) is 0 Å². The summed E-state index contributed by atoms with van der Waals surface area (Å²) < 4.78 is 0. The highest BCUT2D eigenvalue weighted by molar-refractivity contribution is 5.78. The maximum Gasteiger partial charge on any atom is 0.234 e. The van der Waals surface area contributed by atoms with E-state index in [0.717, 1.165) is 19.3 Å². The lowest BCUT2D eigenvalue weighted by atomic mass is 9.86. The molecule has 0 spiro atoms. The normalized spacial score (nSPS) is 23.3. The Bertz CT molecular complexity index is 280. The van der Waals surface area contributed by atoms with Crippen molar-refractivity contribution in [3.05, 3.63) is 0 Å². The Labute approximate surface area is 123 Å². The minimum atomic E-state index is 0.115. The molecule has 1 aliphatic rings. The molecule has 0 heterocycles. The van der Waals surface area contributed by atoms with Crippen LogP contribution in [0.3, 0.4) is 0 Å². The van der Waals surface area contributed by atoms with Crippen molar-refractivity contribution in [3.8, 4) is 0 Å². The van der Waals surface area contributed by atoms with Crippen LogP contribution in [0.5, 0.6) is 0 Å². The highest BCUT2D eigenvalue weighted by atomic mass is 16.3. The van der Waals surface area contributed by atoms with Crippen LogP contribution in [0.25, 0.3) is 0 Å². The maximum atomic E-state index is 12.2. The van der Waals surface area contributed by atoms with Gasteiger partial charge in [-0.3, -0.25) is 9.69 Å². The number of carbonyl (C=O) groups is 1. The van der Waals surface area contributed by atoms with E-state index in [1.165, 1.54) is 19.3 Å². The summed E-state index contributed by atoms with van der Waals surface area (Å²) >= 11 is 0. The Hall–Kier alpha value is -0.610. The summed E-state index contributed by atoms with van der Waals surface area (Å²) in [7, 11) is 0. The van der Waals surface area contributed by atoms with Gasteiger partial charge in [0.05, 0.1) is 13.2 Å². The standard InChI is InChI=1S/C16H32N2O2/c1-4-14(5-2)18(10-11-19)12-16(20)17-15-9-7-6-8-13(15)3/h13-15,19H,4-12H2,1-3H3,(H,17,20). The van der Waals surface area contributed by atoms with Gasteiger partial charge in [-0.05, 0) is 31.6 Å². The Balaban J connectivity index is 2.48. The predicted octanol–water partition coefficient (Wildman–Crippen LogP) is 2.16. The molecule has 2 N–H and O–H groups in total. The lowest BCUT2D eigenvalue weighted by Gasteiger charge is -2.32. The first-order chi connectivity index (χ1) is 9.62. The molecular weight excluding hydrogens is 252 g/mol. The topological polar surface area (TPSA) is 52.6 Å². The Morgan fingerprint density at radius 2 is 1.95 bits per heavy atom. The molecule has 0 radical (unpaired) electrons. The van der Waals surface area contributed by atoms with Crippen molar-refractivity contribution in [2.24, 2.45) is 5.92 Å². The number of hydrogen-bond donors (Lipinski definition) is 2. The molecule has 4 nitrogen and oxygen atoms in total. The van der Waals surface area contributed by atoms with Crippen molar-refractivity contribution < 1.29 is 9.90 Å². The average molecular weight is 284 g/mol. The molecule has 0 aromatic rings. The third-order valence-electron chi connectivity index (χ3n) is 4.65. The number of aliphatic hydroxyl groups is 1.